The second-order valence-corrected chi connectivity index (χ2v) is 7.54. The van der Waals surface area contributed by atoms with Gasteiger partial charge in [-0.05, 0) is 53.9 Å². The van der Waals surface area contributed by atoms with E-state index in [1.165, 1.54) is 19.1 Å². The number of ketones is 1. The van der Waals surface area contributed by atoms with Crippen LogP contribution in [0, 0.1) is 0 Å². The van der Waals surface area contributed by atoms with Crippen molar-refractivity contribution in [3.63, 3.8) is 0 Å². The van der Waals surface area contributed by atoms with E-state index in [0.29, 0.717) is 22.7 Å². The topological polar surface area (TPSA) is 89.0 Å². The Morgan fingerprint density at radius 3 is 2.30 bits per heavy atom. The first-order valence-electron chi connectivity index (χ1n) is 10.5. The molecule has 33 heavy (non-hydrogen) atoms. The number of Topliss-reactive ketones (excluding diaryl/α,β-unsaturated/α-hetero) is 1. The summed E-state index contributed by atoms with van der Waals surface area (Å²) in [6, 6.07) is 14.9. The van der Waals surface area contributed by atoms with Crippen LogP contribution in [0.25, 0.3) is 5.76 Å². The number of aromatic nitrogens is 1. The number of nitrogens with zero attached hydrogens (tertiary/aromatic N) is 2. The molecular formula is C26H24N2O5. The third-order valence-corrected chi connectivity index (χ3v) is 5.75. The predicted octanol–water partition coefficient (Wildman–Crippen LogP) is 4.29. The highest BCUT2D eigenvalue weighted by Crippen LogP contribution is 2.43. The van der Waals surface area contributed by atoms with Gasteiger partial charge in [0.2, 0.25) is 0 Å². The summed E-state index contributed by atoms with van der Waals surface area (Å²) in [6.45, 7) is 2.04. The SMILES string of the molecule is CCc1ccc(N2C(=O)C(=O)/C(=C(\O)c3ccc(OC)cc3OC)C2c2ccncc2)cc1. The molecule has 1 aliphatic rings. The number of rotatable bonds is 6. The molecule has 1 N–H and O–H groups in total. The van der Waals surface area contributed by atoms with Crippen molar-refractivity contribution < 1.29 is 24.2 Å². The molecule has 0 aliphatic carbocycles. The smallest absolute Gasteiger partial charge is 0.300 e. The maximum atomic E-state index is 13.2. The molecule has 1 amide bonds. The number of hydrogen-bond donors (Lipinski definition) is 1. The van der Waals surface area contributed by atoms with Gasteiger partial charge in [-0.2, -0.15) is 0 Å². The fourth-order valence-corrected chi connectivity index (χ4v) is 3.99. The van der Waals surface area contributed by atoms with E-state index in [-0.39, 0.29) is 16.9 Å². The van der Waals surface area contributed by atoms with Gasteiger partial charge in [0, 0.05) is 24.1 Å². The lowest BCUT2D eigenvalue weighted by Crippen LogP contribution is -2.29. The second-order valence-electron chi connectivity index (χ2n) is 7.54. The van der Waals surface area contributed by atoms with Crippen molar-refractivity contribution in [2.45, 2.75) is 19.4 Å². The van der Waals surface area contributed by atoms with Crippen molar-refractivity contribution in [1.29, 1.82) is 0 Å². The summed E-state index contributed by atoms with van der Waals surface area (Å²) < 4.78 is 10.6. The van der Waals surface area contributed by atoms with E-state index in [1.54, 1.807) is 42.7 Å². The molecule has 1 saturated heterocycles. The number of methoxy groups -OCH3 is 2. The van der Waals surface area contributed by atoms with Crippen molar-refractivity contribution in [1.82, 2.24) is 4.98 Å². The Morgan fingerprint density at radius 2 is 1.70 bits per heavy atom. The van der Waals surface area contributed by atoms with Gasteiger partial charge in [-0.3, -0.25) is 19.5 Å². The number of aliphatic hydroxyl groups is 1. The quantitative estimate of drug-likeness (QED) is 0.347. The Labute approximate surface area is 191 Å². The van der Waals surface area contributed by atoms with Gasteiger partial charge in [-0.15, -0.1) is 0 Å². The number of aryl methyl sites for hydroxylation is 1. The number of ether oxygens (including phenoxy) is 2. The first kappa shape index (κ1) is 22.1. The van der Waals surface area contributed by atoms with E-state index in [0.717, 1.165) is 12.0 Å². The number of pyridine rings is 1. The second kappa shape index (κ2) is 9.16. The summed E-state index contributed by atoms with van der Waals surface area (Å²) in [6.07, 6.45) is 4.03. The van der Waals surface area contributed by atoms with Crippen molar-refractivity contribution in [3.05, 3.63) is 89.3 Å². The zero-order valence-electron chi connectivity index (χ0n) is 18.6. The normalized spacial score (nSPS) is 17.3. The number of carbonyl (C=O) groups excluding carboxylic acids is 2. The minimum atomic E-state index is -0.827. The molecule has 1 atom stereocenters. The van der Waals surface area contributed by atoms with Crippen LogP contribution in [0.5, 0.6) is 11.5 Å². The molecule has 1 aliphatic heterocycles. The summed E-state index contributed by atoms with van der Waals surface area (Å²) >= 11 is 0. The Hall–Kier alpha value is -4.13. The van der Waals surface area contributed by atoms with E-state index in [2.05, 4.69) is 4.98 Å². The van der Waals surface area contributed by atoms with E-state index < -0.39 is 17.7 Å². The van der Waals surface area contributed by atoms with E-state index in [4.69, 9.17) is 9.47 Å². The lowest BCUT2D eigenvalue weighted by molar-refractivity contribution is -0.132. The lowest BCUT2D eigenvalue weighted by atomic mass is 9.95. The van der Waals surface area contributed by atoms with Crippen LogP contribution in [0.1, 0.15) is 29.7 Å². The third kappa shape index (κ3) is 3.93. The van der Waals surface area contributed by atoms with Gasteiger partial charge in [-0.25, -0.2) is 0 Å². The molecule has 7 nitrogen and oxygen atoms in total. The van der Waals surface area contributed by atoms with Crippen LogP contribution in [0.4, 0.5) is 5.69 Å². The number of aliphatic hydroxyl groups excluding tert-OH is 1. The number of amides is 1. The number of hydrogen-bond acceptors (Lipinski definition) is 6. The van der Waals surface area contributed by atoms with E-state index in [1.807, 2.05) is 31.2 Å². The minimum Gasteiger partial charge on any atom is -0.507 e. The molecule has 2 heterocycles. The van der Waals surface area contributed by atoms with Crippen molar-refractivity contribution >= 4 is 23.1 Å². The highest BCUT2D eigenvalue weighted by atomic mass is 16.5. The molecule has 0 saturated carbocycles. The summed E-state index contributed by atoms with van der Waals surface area (Å²) in [7, 11) is 2.98. The van der Waals surface area contributed by atoms with Crippen molar-refractivity contribution in [2.75, 3.05) is 19.1 Å². The summed E-state index contributed by atoms with van der Waals surface area (Å²) in [4.78, 5) is 31.9. The number of anilines is 1. The average Bonchev–Trinajstić information content (AvgIpc) is 3.14. The molecule has 2 aromatic carbocycles. The van der Waals surface area contributed by atoms with E-state index >= 15 is 0 Å². The van der Waals surface area contributed by atoms with Gasteiger partial charge < -0.3 is 14.6 Å². The molecule has 0 spiro atoms. The van der Waals surface area contributed by atoms with Gasteiger partial charge in [0.25, 0.3) is 11.7 Å². The zero-order chi connectivity index (χ0) is 23.5. The van der Waals surface area contributed by atoms with Gasteiger partial charge in [-0.1, -0.05) is 19.1 Å². The zero-order valence-corrected chi connectivity index (χ0v) is 18.6. The maximum absolute atomic E-state index is 13.2. The van der Waals surface area contributed by atoms with Crippen LogP contribution >= 0.6 is 0 Å². The molecule has 4 rings (SSSR count). The predicted molar refractivity (Wildman–Crippen MR) is 124 cm³/mol. The number of benzene rings is 2. The standard InChI is InChI=1S/C26H24N2O5/c1-4-16-5-7-18(8-6-16)28-23(17-11-13-27-14-12-17)22(25(30)26(28)31)24(29)20-10-9-19(32-2)15-21(20)33-3/h5-15,23,29H,4H2,1-3H3/b24-22-. The Bertz CT molecular complexity index is 1220. The first-order valence-corrected chi connectivity index (χ1v) is 10.5. The molecule has 7 heteroatoms. The monoisotopic (exact) mass is 444 g/mol. The minimum absolute atomic E-state index is 0.0192. The lowest BCUT2D eigenvalue weighted by Gasteiger charge is -2.25. The average molecular weight is 444 g/mol. The molecule has 1 fully saturated rings. The van der Waals surface area contributed by atoms with Crippen LogP contribution in [0.15, 0.2) is 72.6 Å². The Balaban J connectivity index is 1.93. The molecule has 0 radical (unpaired) electrons. The number of carbonyl (C=O) groups is 2. The molecule has 1 unspecified atom stereocenters. The van der Waals surface area contributed by atoms with Crippen LogP contribution in [-0.4, -0.2) is 36.0 Å². The van der Waals surface area contributed by atoms with Crippen molar-refractivity contribution in [2.24, 2.45) is 0 Å². The Morgan fingerprint density at radius 1 is 1.00 bits per heavy atom. The van der Waals surface area contributed by atoms with Crippen molar-refractivity contribution in [3.8, 4) is 11.5 Å². The van der Waals surface area contributed by atoms with Gasteiger partial charge in [0.05, 0.1) is 31.4 Å². The highest BCUT2D eigenvalue weighted by Gasteiger charge is 2.47. The molecule has 168 valence electrons. The summed E-state index contributed by atoms with van der Waals surface area (Å²) in [5.74, 6) is -0.950. The van der Waals surface area contributed by atoms with E-state index in [9.17, 15) is 14.7 Å². The Kier molecular flexibility index (Phi) is 6.13. The molecular weight excluding hydrogens is 420 g/mol. The maximum Gasteiger partial charge on any atom is 0.300 e. The van der Waals surface area contributed by atoms with Gasteiger partial charge >= 0.3 is 0 Å². The fraction of sp³-hybridized carbons (Fsp3) is 0.192. The highest BCUT2D eigenvalue weighted by molar-refractivity contribution is 6.51. The van der Waals surface area contributed by atoms with Crippen LogP contribution < -0.4 is 14.4 Å². The van der Waals surface area contributed by atoms with Crippen LogP contribution in [0.3, 0.4) is 0 Å². The third-order valence-electron chi connectivity index (χ3n) is 5.75. The summed E-state index contributed by atoms with van der Waals surface area (Å²) in [5.41, 5.74) is 2.60. The van der Waals surface area contributed by atoms with Crippen LogP contribution in [0.2, 0.25) is 0 Å². The van der Waals surface area contributed by atoms with Crippen LogP contribution in [-0.2, 0) is 16.0 Å². The molecule has 0 bridgehead atoms. The van der Waals surface area contributed by atoms with Gasteiger partial charge in [0.15, 0.2) is 0 Å². The fourth-order valence-electron chi connectivity index (χ4n) is 3.99. The molecule has 1 aromatic heterocycles. The first-order chi connectivity index (χ1) is 16.0. The largest absolute Gasteiger partial charge is 0.507 e. The summed E-state index contributed by atoms with van der Waals surface area (Å²) in [5, 5.41) is 11.3. The molecule has 3 aromatic rings. The van der Waals surface area contributed by atoms with Gasteiger partial charge in [0.1, 0.15) is 17.3 Å².